The van der Waals surface area contributed by atoms with Crippen LogP contribution in [0.5, 0.6) is 5.75 Å². The van der Waals surface area contributed by atoms with E-state index in [-0.39, 0.29) is 18.3 Å². The van der Waals surface area contributed by atoms with Crippen LogP contribution in [0, 0.1) is 11.8 Å². The van der Waals surface area contributed by atoms with E-state index in [4.69, 9.17) is 4.74 Å². The smallest absolute Gasteiger partial charge is 0.303 e. The molecular weight excluding hydrogens is 442 g/mol. The van der Waals surface area contributed by atoms with Crippen molar-refractivity contribution in [1.82, 2.24) is 14.9 Å². The molecular formula is C28H35N3O4. The van der Waals surface area contributed by atoms with Crippen LogP contribution >= 0.6 is 0 Å². The van der Waals surface area contributed by atoms with Crippen LogP contribution in [-0.4, -0.2) is 57.8 Å². The number of aliphatic hydroxyl groups excluding tert-OH is 1. The molecule has 0 unspecified atom stereocenters. The summed E-state index contributed by atoms with van der Waals surface area (Å²) in [6, 6.07) is 11.6. The number of hydrogen-bond donors (Lipinski definition) is 2. The second-order valence-corrected chi connectivity index (χ2v) is 9.55. The average Bonchev–Trinajstić information content (AvgIpc) is 2.87. The summed E-state index contributed by atoms with van der Waals surface area (Å²) >= 11 is 0. The first kappa shape index (κ1) is 25.1. The minimum Gasteiger partial charge on any atom is -0.497 e. The topological polar surface area (TPSA) is 95.8 Å². The van der Waals surface area contributed by atoms with Gasteiger partial charge in [0.25, 0.3) is 0 Å². The highest BCUT2D eigenvalue weighted by molar-refractivity contribution is 5.83. The highest BCUT2D eigenvalue weighted by atomic mass is 16.5. The summed E-state index contributed by atoms with van der Waals surface area (Å²) in [5, 5.41) is 21.5. The first-order valence-electron chi connectivity index (χ1n) is 12.5. The number of aryl methyl sites for hydroxylation is 1. The fourth-order valence-corrected chi connectivity index (χ4v) is 5.34. The number of piperidine rings is 1. The fraction of sp³-hybridized carbons (Fsp3) is 0.464. The molecule has 0 amide bonds. The van der Waals surface area contributed by atoms with E-state index in [1.54, 1.807) is 19.5 Å². The van der Waals surface area contributed by atoms with Gasteiger partial charge in [0.15, 0.2) is 0 Å². The van der Waals surface area contributed by atoms with Gasteiger partial charge in [0.1, 0.15) is 5.75 Å². The number of carbonyl (C=O) groups is 1. The number of aliphatic carboxylic acids is 1. The molecule has 1 aliphatic rings. The van der Waals surface area contributed by atoms with Gasteiger partial charge in [-0.2, -0.15) is 0 Å². The SMILES string of the molecule is COc1ccc2nccc([C@H](O)CC[C@@H]3CCN(CCCc4cccnc4)C[C@@H]3CC(=O)O)c2c1. The number of ether oxygens (including phenoxy) is 1. The molecule has 35 heavy (non-hydrogen) atoms. The van der Waals surface area contributed by atoms with Crippen molar-refractivity contribution in [2.24, 2.45) is 11.8 Å². The molecule has 186 valence electrons. The van der Waals surface area contributed by atoms with E-state index >= 15 is 0 Å². The monoisotopic (exact) mass is 477 g/mol. The molecule has 0 bridgehead atoms. The second kappa shape index (κ2) is 12.1. The fourth-order valence-electron chi connectivity index (χ4n) is 5.34. The van der Waals surface area contributed by atoms with Crippen molar-refractivity contribution in [2.45, 2.75) is 44.6 Å². The molecule has 4 rings (SSSR count). The Kier molecular flexibility index (Phi) is 8.66. The number of fused-ring (bicyclic) bond motifs is 1. The van der Waals surface area contributed by atoms with Crippen molar-refractivity contribution < 1.29 is 19.7 Å². The average molecular weight is 478 g/mol. The first-order chi connectivity index (χ1) is 17.0. The van der Waals surface area contributed by atoms with E-state index in [9.17, 15) is 15.0 Å². The van der Waals surface area contributed by atoms with Gasteiger partial charge in [0.05, 0.1) is 18.7 Å². The molecule has 2 aromatic heterocycles. The standard InChI is InChI=1S/C28H35N3O4/c1-35-23-7-8-26-25(17-23)24(10-13-30-26)27(32)9-6-21-11-15-31(19-22(21)16-28(33)34)14-3-5-20-4-2-12-29-18-20/h2,4,7-8,10,12-13,17-18,21-22,27,32H,3,5-6,9,11,14-16,19H2,1H3,(H,33,34)/t21-,22+,27-/m1/s1. The minimum atomic E-state index is -0.745. The lowest BCUT2D eigenvalue weighted by Crippen LogP contribution is -2.42. The lowest BCUT2D eigenvalue weighted by atomic mass is 9.79. The number of aliphatic hydroxyl groups is 1. The van der Waals surface area contributed by atoms with Crippen LogP contribution in [-0.2, 0) is 11.2 Å². The van der Waals surface area contributed by atoms with Crippen molar-refractivity contribution in [3.05, 3.63) is 66.1 Å². The van der Waals surface area contributed by atoms with Crippen LogP contribution in [0.15, 0.2) is 55.0 Å². The number of carboxylic acids is 1. The molecule has 1 aromatic carbocycles. The zero-order valence-electron chi connectivity index (χ0n) is 20.3. The Labute approximate surface area is 206 Å². The Balaban J connectivity index is 1.35. The van der Waals surface area contributed by atoms with Gasteiger partial charge in [-0.1, -0.05) is 6.07 Å². The molecule has 3 atom stereocenters. The lowest BCUT2D eigenvalue weighted by molar-refractivity contribution is -0.139. The maximum Gasteiger partial charge on any atom is 0.303 e. The third-order valence-electron chi connectivity index (χ3n) is 7.23. The van der Waals surface area contributed by atoms with Crippen molar-refractivity contribution in [3.8, 4) is 5.75 Å². The number of methoxy groups -OCH3 is 1. The van der Waals surface area contributed by atoms with Crippen molar-refractivity contribution in [1.29, 1.82) is 0 Å². The highest BCUT2D eigenvalue weighted by Crippen LogP contribution is 2.34. The van der Waals surface area contributed by atoms with Gasteiger partial charge in [-0.05, 0) is 98.5 Å². The van der Waals surface area contributed by atoms with Crippen LogP contribution in [0.4, 0.5) is 0 Å². The van der Waals surface area contributed by atoms with E-state index < -0.39 is 12.1 Å². The summed E-state index contributed by atoms with van der Waals surface area (Å²) in [4.78, 5) is 22.6. The van der Waals surface area contributed by atoms with Crippen molar-refractivity contribution >= 4 is 16.9 Å². The van der Waals surface area contributed by atoms with Gasteiger partial charge in [0, 0.05) is 36.9 Å². The molecule has 1 aliphatic heterocycles. The van der Waals surface area contributed by atoms with E-state index in [0.717, 1.165) is 67.5 Å². The highest BCUT2D eigenvalue weighted by Gasteiger charge is 2.31. The predicted octanol–water partition coefficient (Wildman–Crippen LogP) is 4.50. The Morgan fingerprint density at radius 2 is 2.11 bits per heavy atom. The Bertz CT molecular complexity index is 1110. The summed E-state index contributed by atoms with van der Waals surface area (Å²) in [5.74, 6) is 0.375. The number of pyridine rings is 2. The molecule has 7 nitrogen and oxygen atoms in total. The summed E-state index contributed by atoms with van der Waals surface area (Å²) in [7, 11) is 1.63. The molecule has 0 aliphatic carbocycles. The molecule has 7 heteroatoms. The van der Waals surface area contributed by atoms with Crippen LogP contribution < -0.4 is 4.74 Å². The first-order valence-corrected chi connectivity index (χ1v) is 12.5. The van der Waals surface area contributed by atoms with Crippen LogP contribution in [0.25, 0.3) is 10.9 Å². The number of rotatable bonds is 11. The van der Waals surface area contributed by atoms with Crippen LogP contribution in [0.3, 0.4) is 0 Å². The third kappa shape index (κ3) is 6.77. The van der Waals surface area contributed by atoms with E-state index in [1.165, 1.54) is 5.56 Å². The number of hydrogen-bond acceptors (Lipinski definition) is 6. The zero-order chi connectivity index (χ0) is 24.6. The number of benzene rings is 1. The predicted molar refractivity (Wildman–Crippen MR) is 135 cm³/mol. The van der Waals surface area contributed by atoms with E-state index in [1.807, 2.05) is 36.5 Å². The molecule has 1 fully saturated rings. The second-order valence-electron chi connectivity index (χ2n) is 9.55. The maximum absolute atomic E-state index is 11.6. The molecule has 3 aromatic rings. The van der Waals surface area contributed by atoms with Gasteiger partial charge in [0.2, 0.25) is 0 Å². The Morgan fingerprint density at radius 3 is 2.89 bits per heavy atom. The van der Waals surface area contributed by atoms with Gasteiger partial charge in [-0.15, -0.1) is 0 Å². The molecule has 2 N–H and O–H groups in total. The van der Waals surface area contributed by atoms with Crippen LogP contribution in [0.1, 0.15) is 49.3 Å². The number of aromatic nitrogens is 2. The van der Waals surface area contributed by atoms with Crippen molar-refractivity contribution in [3.63, 3.8) is 0 Å². The summed E-state index contributed by atoms with van der Waals surface area (Å²) in [6.07, 6.45) is 9.34. The van der Waals surface area contributed by atoms with Gasteiger partial charge in [-0.3, -0.25) is 14.8 Å². The third-order valence-corrected chi connectivity index (χ3v) is 7.23. The molecule has 3 heterocycles. The lowest BCUT2D eigenvalue weighted by Gasteiger charge is -2.38. The molecule has 0 saturated carbocycles. The Hall–Kier alpha value is -3.03. The number of likely N-dealkylation sites (tertiary alicyclic amines) is 1. The van der Waals surface area contributed by atoms with Gasteiger partial charge >= 0.3 is 5.97 Å². The van der Waals surface area contributed by atoms with Crippen molar-refractivity contribution in [2.75, 3.05) is 26.7 Å². The van der Waals surface area contributed by atoms with E-state index in [2.05, 4.69) is 20.9 Å². The van der Waals surface area contributed by atoms with Gasteiger partial charge in [-0.25, -0.2) is 0 Å². The normalized spacial score (nSPS) is 19.5. The van der Waals surface area contributed by atoms with E-state index in [0.29, 0.717) is 6.42 Å². The van der Waals surface area contributed by atoms with Gasteiger partial charge < -0.3 is 19.8 Å². The molecule has 0 radical (unpaired) electrons. The quantitative estimate of drug-likeness (QED) is 0.420. The summed E-state index contributed by atoms with van der Waals surface area (Å²) in [5.41, 5.74) is 2.90. The summed E-state index contributed by atoms with van der Waals surface area (Å²) < 4.78 is 5.35. The maximum atomic E-state index is 11.6. The zero-order valence-corrected chi connectivity index (χ0v) is 20.3. The number of nitrogens with zero attached hydrogens (tertiary/aromatic N) is 3. The largest absolute Gasteiger partial charge is 0.497 e. The number of carboxylic acid groups (broad SMARTS) is 1. The minimum absolute atomic E-state index is 0.0983. The summed E-state index contributed by atoms with van der Waals surface area (Å²) in [6.45, 7) is 2.74. The molecule has 0 spiro atoms. The molecule has 1 saturated heterocycles. The van der Waals surface area contributed by atoms with Crippen LogP contribution in [0.2, 0.25) is 0 Å². The Morgan fingerprint density at radius 1 is 1.23 bits per heavy atom.